The van der Waals surface area contributed by atoms with Crippen LogP contribution < -0.4 is 5.32 Å². The fraction of sp³-hybridized carbons (Fsp3) is 0.167. The van der Waals surface area contributed by atoms with Crippen LogP contribution in [0.3, 0.4) is 0 Å². The average molecular weight is 267 g/mol. The molecule has 94 valence electrons. The molecule has 0 aliphatic carbocycles. The van der Waals surface area contributed by atoms with Crippen LogP contribution in [-0.4, -0.2) is 16.1 Å². The summed E-state index contributed by atoms with van der Waals surface area (Å²) in [5.74, 6) is 0.0837. The number of carbonyl (C=O) groups is 1. The minimum absolute atomic E-state index is 0.0146. The SMILES string of the molecule is CC(Nc1cc(C(=O)O)c(Cl)cn1)c1ccco1. The lowest BCUT2D eigenvalue weighted by atomic mass is 10.2. The Balaban J connectivity index is 2.20. The molecular formula is C12H11ClN2O3. The van der Waals surface area contributed by atoms with E-state index in [-0.39, 0.29) is 16.6 Å². The van der Waals surface area contributed by atoms with E-state index in [2.05, 4.69) is 10.3 Å². The van der Waals surface area contributed by atoms with Gasteiger partial charge in [-0.15, -0.1) is 0 Å². The Morgan fingerprint density at radius 3 is 3.00 bits per heavy atom. The number of carboxylic acid groups (broad SMARTS) is 1. The summed E-state index contributed by atoms with van der Waals surface area (Å²) in [5.41, 5.74) is 0.0146. The minimum Gasteiger partial charge on any atom is -0.478 e. The number of halogens is 1. The second-order valence-electron chi connectivity index (χ2n) is 3.74. The van der Waals surface area contributed by atoms with Crippen LogP contribution in [0.25, 0.3) is 0 Å². The lowest BCUT2D eigenvalue weighted by Gasteiger charge is -2.12. The summed E-state index contributed by atoms with van der Waals surface area (Å²) in [6.07, 6.45) is 2.88. The van der Waals surface area contributed by atoms with Crippen LogP contribution in [0.15, 0.2) is 35.1 Å². The third kappa shape index (κ3) is 2.62. The molecule has 1 unspecified atom stereocenters. The van der Waals surface area contributed by atoms with E-state index in [1.54, 1.807) is 12.3 Å². The number of aromatic nitrogens is 1. The molecule has 2 heterocycles. The number of hydrogen-bond acceptors (Lipinski definition) is 4. The summed E-state index contributed by atoms with van der Waals surface area (Å²) in [5, 5.41) is 12.1. The molecule has 5 nitrogen and oxygen atoms in total. The monoisotopic (exact) mass is 266 g/mol. The molecule has 2 rings (SSSR count). The highest BCUT2D eigenvalue weighted by atomic mass is 35.5. The number of pyridine rings is 1. The van der Waals surface area contributed by atoms with Gasteiger partial charge in [0.1, 0.15) is 11.6 Å². The molecule has 0 radical (unpaired) electrons. The van der Waals surface area contributed by atoms with E-state index in [4.69, 9.17) is 21.1 Å². The Bertz CT molecular complexity index is 554. The van der Waals surface area contributed by atoms with Gasteiger partial charge < -0.3 is 14.8 Å². The zero-order valence-electron chi connectivity index (χ0n) is 9.55. The van der Waals surface area contributed by atoms with Crippen molar-refractivity contribution in [2.75, 3.05) is 5.32 Å². The number of rotatable bonds is 4. The summed E-state index contributed by atoms with van der Waals surface area (Å²) >= 11 is 5.74. The molecule has 18 heavy (non-hydrogen) atoms. The Kier molecular flexibility index (Phi) is 3.53. The highest BCUT2D eigenvalue weighted by Gasteiger charge is 2.13. The number of carboxylic acids is 1. The van der Waals surface area contributed by atoms with E-state index in [9.17, 15) is 4.79 Å². The van der Waals surface area contributed by atoms with Crippen LogP contribution in [0, 0.1) is 0 Å². The maximum Gasteiger partial charge on any atom is 0.337 e. The Hall–Kier alpha value is -2.01. The Labute approximate surface area is 108 Å². The summed E-state index contributed by atoms with van der Waals surface area (Å²) in [6.45, 7) is 1.88. The maximum absolute atomic E-state index is 10.9. The van der Waals surface area contributed by atoms with E-state index in [1.165, 1.54) is 12.3 Å². The van der Waals surface area contributed by atoms with Crippen molar-refractivity contribution in [1.29, 1.82) is 0 Å². The fourth-order valence-corrected chi connectivity index (χ4v) is 1.70. The van der Waals surface area contributed by atoms with Gasteiger partial charge in [0.15, 0.2) is 0 Å². The van der Waals surface area contributed by atoms with Gasteiger partial charge in [0, 0.05) is 6.20 Å². The second kappa shape index (κ2) is 5.10. The normalized spacial score (nSPS) is 12.1. The summed E-state index contributed by atoms with van der Waals surface area (Å²) in [6, 6.07) is 4.89. The molecule has 0 aromatic carbocycles. The van der Waals surface area contributed by atoms with Gasteiger partial charge in [-0.1, -0.05) is 11.6 Å². The first-order valence-electron chi connectivity index (χ1n) is 5.26. The van der Waals surface area contributed by atoms with E-state index < -0.39 is 5.97 Å². The molecule has 0 bridgehead atoms. The molecule has 0 aliphatic rings. The van der Waals surface area contributed by atoms with Gasteiger partial charge in [0.2, 0.25) is 0 Å². The predicted molar refractivity (Wildman–Crippen MR) is 67.0 cm³/mol. The van der Waals surface area contributed by atoms with Crippen molar-refractivity contribution in [3.63, 3.8) is 0 Å². The summed E-state index contributed by atoms with van der Waals surface area (Å²) < 4.78 is 5.24. The predicted octanol–water partition coefficient (Wildman–Crippen LogP) is 3.20. The molecule has 0 fully saturated rings. The summed E-state index contributed by atoms with van der Waals surface area (Å²) in [4.78, 5) is 15.0. The fourth-order valence-electron chi connectivity index (χ4n) is 1.51. The van der Waals surface area contributed by atoms with E-state index in [1.807, 2.05) is 13.0 Å². The maximum atomic E-state index is 10.9. The van der Waals surface area contributed by atoms with Gasteiger partial charge in [-0.05, 0) is 25.1 Å². The number of furan rings is 1. The quantitative estimate of drug-likeness (QED) is 0.889. The van der Waals surface area contributed by atoms with Crippen molar-refractivity contribution in [3.8, 4) is 0 Å². The van der Waals surface area contributed by atoms with Crippen molar-refractivity contribution in [2.45, 2.75) is 13.0 Å². The number of nitrogens with zero attached hydrogens (tertiary/aromatic N) is 1. The standard InChI is InChI=1S/C12H11ClN2O3/c1-7(10-3-2-4-18-10)15-11-5-8(12(16)17)9(13)6-14-11/h2-7H,1H3,(H,14,15)(H,16,17). The van der Waals surface area contributed by atoms with Crippen molar-refractivity contribution in [3.05, 3.63) is 47.0 Å². The first-order valence-corrected chi connectivity index (χ1v) is 5.64. The number of hydrogen-bond donors (Lipinski definition) is 2. The molecule has 6 heteroatoms. The molecule has 0 saturated heterocycles. The van der Waals surface area contributed by atoms with Gasteiger partial charge in [-0.25, -0.2) is 9.78 Å². The van der Waals surface area contributed by atoms with Crippen molar-refractivity contribution in [2.24, 2.45) is 0 Å². The molecule has 0 aliphatic heterocycles. The third-order valence-electron chi connectivity index (χ3n) is 2.42. The largest absolute Gasteiger partial charge is 0.478 e. The average Bonchev–Trinajstić information content (AvgIpc) is 2.85. The topological polar surface area (TPSA) is 75.4 Å². The van der Waals surface area contributed by atoms with E-state index >= 15 is 0 Å². The molecule has 2 N–H and O–H groups in total. The van der Waals surface area contributed by atoms with E-state index in [0.717, 1.165) is 5.76 Å². The smallest absolute Gasteiger partial charge is 0.337 e. The van der Waals surface area contributed by atoms with Gasteiger partial charge >= 0.3 is 5.97 Å². The molecule has 2 aromatic rings. The lowest BCUT2D eigenvalue weighted by molar-refractivity contribution is 0.0697. The molecular weight excluding hydrogens is 256 g/mol. The molecule has 0 amide bonds. The zero-order valence-corrected chi connectivity index (χ0v) is 10.3. The number of nitrogens with one attached hydrogen (secondary N) is 1. The second-order valence-corrected chi connectivity index (χ2v) is 4.14. The molecule has 2 aromatic heterocycles. The first kappa shape index (κ1) is 12.4. The first-order chi connectivity index (χ1) is 8.58. The Morgan fingerprint density at radius 1 is 1.61 bits per heavy atom. The summed E-state index contributed by atoms with van der Waals surface area (Å²) in [7, 11) is 0. The number of aromatic carboxylic acids is 1. The lowest BCUT2D eigenvalue weighted by Crippen LogP contribution is -2.08. The molecule has 0 spiro atoms. The van der Waals surface area contributed by atoms with Crippen molar-refractivity contribution >= 4 is 23.4 Å². The highest BCUT2D eigenvalue weighted by molar-refractivity contribution is 6.33. The van der Waals surface area contributed by atoms with Gasteiger partial charge in [0.05, 0.1) is 22.9 Å². The van der Waals surface area contributed by atoms with Crippen LogP contribution in [0.5, 0.6) is 0 Å². The number of anilines is 1. The highest BCUT2D eigenvalue weighted by Crippen LogP contribution is 2.22. The van der Waals surface area contributed by atoms with Crippen LogP contribution in [0.1, 0.15) is 29.1 Å². The van der Waals surface area contributed by atoms with Crippen molar-refractivity contribution < 1.29 is 14.3 Å². The molecule has 1 atom stereocenters. The third-order valence-corrected chi connectivity index (χ3v) is 2.72. The van der Waals surface area contributed by atoms with E-state index in [0.29, 0.717) is 5.82 Å². The van der Waals surface area contributed by atoms with Gasteiger partial charge in [-0.2, -0.15) is 0 Å². The van der Waals surface area contributed by atoms with Crippen LogP contribution in [-0.2, 0) is 0 Å². The van der Waals surface area contributed by atoms with Gasteiger partial charge in [0.25, 0.3) is 0 Å². The van der Waals surface area contributed by atoms with Crippen LogP contribution in [0.4, 0.5) is 5.82 Å². The molecule has 0 saturated carbocycles. The van der Waals surface area contributed by atoms with Crippen LogP contribution >= 0.6 is 11.6 Å². The zero-order chi connectivity index (χ0) is 13.1. The minimum atomic E-state index is -1.09. The van der Waals surface area contributed by atoms with Gasteiger partial charge in [-0.3, -0.25) is 0 Å². The van der Waals surface area contributed by atoms with Crippen LogP contribution in [0.2, 0.25) is 5.02 Å². The van der Waals surface area contributed by atoms with Crippen molar-refractivity contribution in [1.82, 2.24) is 4.98 Å². The Morgan fingerprint density at radius 2 is 2.39 bits per heavy atom.